The van der Waals surface area contributed by atoms with Crippen LogP contribution in [0.25, 0.3) is 0 Å². The Kier molecular flexibility index (Phi) is 1.85. The Hall–Kier alpha value is -0.150. The second kappa shape index (κ2) is 2.72. The highest BCUT2D eigenvalue weighted by molar-refractivity contribution is 4.85. The van der Waals surface area contributed by atoms with Crippen LogP contribution >= 0.6 is 0 Å². The van der Waals surface area contributed by atoms with Gasteiger partial charge in [-0.25, -0.2) is 0 Å². The molecule has 0 aromatic rings. The third kappa shape index (κ3) is 1.27. The SMILES string of the molecule is FCC1CCC2(C1)OCCO2. The summed E-state index contributed by atoms with van der Waals surface area (Å²) in [5.74, 6) is -0.204. The number of halogens is 1. The lowest BCUT2D eigenvalue weighted by Crippen LogP contribution is -2.26. The van der Waals surface area contributed by atoms with Crippen LogP contribution in [0.15, 0.2) is 0 Å². The molecule has 2 aliphatic rings. The van der Waals surface area contributed by atoms with Crippen LogP contribution in [0.3, 0.4) is 0 Å². The Labute approximate surface area is 65.7 Å². The van der Waals surface area contributed by atoms with Crippen molar-refractivity contribution in [2.24, 2.45) is 5.92 Å². The summed E-state index contributed by atoms with van der Waals surface area (Å²) in [6, 6.07) is 0. The molecule has 2 fully saturated rings. The predicted octanol–water partition coefficient (Wildman–Crippen LogP) is 1.50. The zero-order chi connectivity index (χ0) is 7.73. The molecule has 2 nitrogen and oxygen atoms in total. The summed E-state index contributed by atoms with van der Waals surface area (Å²) >= 11 is 0. The molecule has 1 atom stereocenters. The average Bonchev–Trinajstić information content (AvgIpc) is 2.62. The van der Waals surface area contributed by atoms with Crippen LogP contribution in [-0.4, -0.2) is 25.7 Å². The highest BCUT2D eigenvalue weighted by atomic mass is 19.1. The minimum Gasteiger partial charge on any atom is -0.348 e. The molecule has 1 aliphatic heterocycles. The van der Waals surface area contributed by atoms with Crippen molar-refractivity contribution in [2.75, 3.05) is 19.9 Å². The molecule has 0 bridgehead atoms. The van der Waals surface area contributed by atoms with Gasteiger partial charge in [-0.05, 0) is 12.3 Å². The highest BCUT2D eigenvalue weighted by Crippen LogP contribution is 2.40. The van der Waals surface area contributed by atoms with Crippen molar-refractivity contribution in [2.45, 2.75) is 25.0 Å². The van der Waals surface area contributed by atoms with E-state index in [-0.39, 0.29) is 18.4 Å². The molecule has 1 saturated carbocycles. The average molecular weight is 160 g/mol. The van der Waals surface area contributed by atoms with Crippen molar-refractivity contribution >= 4 is 0 Å². The van der Waals surface area contributed by atoms with E-state index < -0.39 is 0 Å². The molecule has 0 aromatic carbocycles. The molecule has 64 valence electrons. The molecule has 2 rings (SSSR count). The molecule has 1 aliphatic carbocycles. The Balaban J connectivity index is 1.96. The highest BCUT2D eigenvalue weighted by Gasteiger charge is 2.43. The first-order valence-electron chi connectivity index (χ1n) is 4.18. The molecule has 11 heavy (non-hydrogen) atoms. The maximum absolute atomic E-state index is 12.2. The van der Waals surface area contributed by atoms with Gasteiger partial charge in [-0.1, -0.05) is 0 Å². The quantitative estimate of drug-likeness (QED) is 0.578. The minimum atomic E-state index is -0.378. The van der Waals surface area contributed by atoms with Gasteiger partial charge >= 0.3 is 0 Å². The maximum Gasteiger partial charge on any atom is 0.168 e. The second-order valence-corrected chi connectivity index (χ2v) is 3.37. The van der Waals surface area contributed by atoms with E-state index in [1.807, 2.05) is 0 Å². The van der Waals surface area contributed by atoms with Gasteiger partial charge in [-0.15, -0.1) is 0 Å². The molecule has 1 heterocycles. The van der Waals surface area contributed by atoms with Crippen LogP contribution in [0.2, 0.25) is 0 Å². The summed E-state index contributed by atoms with van der Waals surface area (Å²) in [5.41, 5.74) is 0. The molecule has 0 radical (unpaired) electrons. The van der Waals surface area contributed by atoms with E-state index in [4.69, 9.17) is 9.47 Å². The van der Waals surface area contributed by atoms with Crippen LogP contribution < -0.4 is 0 Å². The normalized spacial score (nSPS) is 35.2. The van der Waals surface area contributed by atoms with E-state index in [0.29, 0.717) is 13.2 Å². The fourth-order valence-corrected chi connectivity index (χ4v) is 1.96. The van der Waals surface area contributed by atoms with Gasteiger partial charge in [-0.2, -0.15) is 0 Å². The zero-order valence-corrected chi connectivity index (χ0v) is 6.51. The minimum absolute atomic E-state index is 0.174. The lowest BCUT2D eigenvalue weighted by Gasteiger charge is -2.20. The molecule has 1 spiro atoms. The largest absolute Gasteiger partial charge is 0.348 e. The topological polar surface area (TPSA) is 18.5 Å². The van der Waals surface area contributed by atoms with Crippen molar-refractivity contribution in [1.29, 1.82) is 0 Å². The maximum atomic E-state index is 12.2. The van der Waals surface area contributed by atoms with E-state index >= 15 is 0 Å². The number of ether oxygens (including phenoxy) is 2. The lowest BCUT2D eigenvalue weighted by molar-refractivity contribution is -0.152. The summed E-state index contributed by atoms with van der Waals surface area (Å²) < 4.78 is 23.1. The number of rotatable bonds is 1. The number of alkyl halides is 1. The molecule has 0 amide bonds. The molecule has 0 N–H and O–H groups in total. The Morgan fingerprint density at radius 3 is 2.64 bits per heavy atom. The van der Waals surface area contributed by atoms with Crippen LogP contribution in [0, 0.1) is 5.92 Å². The molecule has 3 heteroatoms. The van der Waals surface area contributed by atoms with Gasteiger partial charge in [0.15, 0.2) is 5.79 Å². The zero-order valence-electron chi connectivity index (χ0n) is 6.51. The van der Waals surface area contributed by atoms with Crippen molar-refractivity contribution < 1.29 is 13.9 Å². The van der Waals surface area contributed by atoms with E-state index in [1.165, 1.54) is 0 Å². The third-order valence-corrected chi connectivity index (χ3v) is 2.56. The van der Waals surface area contributed by atoms with Crippen LogP contribution in [-0.2, 0) is 9.47 Å². The van der Waals surface area contributed by atoms with Gasteiger partial charge in [0.05, 0.1) is 19.9 Å². The van der Waals surface area contributed by atoms with Crippen LogP contribution in [0.4, 0.5) is 4.39 Å². The smallest absolute Gasteiger partial charge is 0.168 e. The standard InChI is InChI=1S/C8H13FO2/c9-6-7-1-2-8(5-7)10-3-4-11-8/h7H,1-6H2. The summed E-state index contributed by atoms with van der Waals surface area (Å²) in [7, 11) is 0. The van der Waals surface area contributed by atoms with Gasteiger partial charge in [0, 0.05) is 12.8 Å². The van der Waals surface area contributed by atoms with Crippen molar-refractivity contribution in [1.82, 2.24) is 0 Å². The first-order chi connectivity index (χ1) is 5.35. The van der Waals surface area contributed by atoms with Crippen molar-refractivity contribution in [3.63, 3.8) is 0 Å². The van der Waals surface area contributed by atoms with Gasteiger partial charge in [0.25, 0.3) is 0 Å². The van der Waals surface area contributed by atoms with Gasteiger partial charge in [0.1, 0.15) is 0 Å². The first kappa shape index (κ1) is 7.50. The Bertz CT molecular complexity index is 143. The van der Waals surface area contributed by atoms with Gasteiger partial charge in [-0.3, -0.25) is 4.39 Å². The van der Waals surface area contributed by atoms with Gasteiger partial charge in [0.2, 0.25) is 0 Å². The van der Waals surface area contributed by atoms with E-state index in [1.54, 1.807) is 0 Å². The summed E-state index contributed by atoms with van der Waals surface area (Å²) in [4.78, 5) is 0. The first-order valence-corrected chi connectivity index (χ1v) is 4.18. The summed E-state index contributed by atoms with van der Waals surface area (Å²) in [6.07, 6.45) is 2.54. The molecule has 0 aromatic heterocycles. The fourth-order valence-electron chi connectivity index (χ4n) is 1.96. The Morgan fingerprint density at radius 1 is 1.36 bits per heavy atom. The fraction of sp³-hybridized carbons (Fsp3) is 1.00. The summed E-state index contributed by atoms with van der Waals surface area (Å²) in [6.45, 7) is 1.13. The van der Waals surface area contributed by atoms with E-state index in [2.05, 4.69) is 0 Å². The Morgan fingerprint density at radius 2 is 2.09 bits per heavy atom. The molecule has 1 unspecified atom stereocenters. The summed E-state index contributed by atoms with van der Waals surface area (Å²) in [5, 5.41) is 0. The molecular formula is C8H13FO2. The number of hydrogen-bond donors (Lipinski definition) is 0. The molecular weight excluding hydrogens is 147 g/mol. The number of hydrogen-bond acceptors (Lipinski definition) is 2. The van der Waals surface area contributed by atoms with E-state index in [0.717, 1.165) is 19.3 Å². The van der Waals surface area contributed by atoms with E-state index in [9.17, 15) is 4.39 Å². The van der Waals surface area contributed by atoms with Crippen LogP contribution in [0.1, 0.15) is 19.3 Å². The van der Waals surface area contributed by atoms with Crippen molar-refractivity contribution in [3.8, 4) is 0 Å². The second-order valence-electron chi connectivity index (χ2n) is 3.37. The monoisotopic (exact) mass is 160 g/mol. The van der Waals surface area contributed by atoms with Gasteiger partial charge < -0.3 is 9.47 Å². The predicted molar refractivity (Wildman–Crippen MR) is 38.0 cm³/mol. The molecule has 1 saturated heterocycles. The lowest BCUT2D eigenvalue weighted by atomic mass is 10.1. The van der Waals surface area contributed by atoms with Crippen molar-refractivity contribution in [3.05, 3.63) is 0 Å². The third-order valence-electron chi connectivity index (χ3n) is 2.56. The van der Waals surface area contributed by atoms with Crippen LogP contribution in [0.5, 0.6) is 0 Å².